The molecule has 0 spiro atoms. The van der Waals surface area contributed by atoms with Crippen molar-refractivity contribution in [1.82, 2.24) is 0 Å². The van der Waals surface area contributed by atoms with Crippen LogP contribution < -0.4 is 9.80 Å². The van der Waals surface area contributed by atoms with E-state index in [-0.39, 0.29) is 0 Å². The SMILES string of the molecule is CC1=CCC=CC(N(C2=CCC=CC=C2)c2cc3c(-c4ccccc4)c4sc(N(c5ccccc5)c5cccc(C)c5)cc4c(-c4ccccc4)c3s2)=C1. The number of hydrogen-bond acceptors (Lipinski definition) is 4. The van der Waals surface area contributed by atoms with Gasteiger partial charge in [-0.1, -0.05) is 133 Å². The lowest BCUT2D eigenvalue weighted by atomic mass is 9.93. The zero-order valence-electron chi connectivity index (χ0n) is 30.4. The van der Waals surface area contributed by atoms with Crippen LogP contribution in [0.1, 0.15) is 25.3 Å². The van der Waals surface area contributed by atoms with Gasteiger partial charge in [0.2, 0.25) is 0 Å². The lowest BCUT2D eigenvalue weighted by Crippen LogP contribution is -2.19. The molecule has 2 heterocycles. The van der Waals surface area contributed by atoms with E-state index in [1.807, 2.05) is 22.7 Å². The van der Waals surface area contributed by atoms with Crippen LogP contribution in [0.25, 0.3) is 42.4 Å². The van der Waals surface area contributed by atoms with Gasteiger partial charge < -0.3 is 9.80 Å². The molecular formula is C50H40N2S2. The van der Waals surface area contributed by atoms with Gasteiger partial charge in [-0.2, -0.15) is 0 Å². The van der Waals surface area contributed by atoms with E-state index < -0.39 is 0 Å². The summed E-state index contributed by atoms with van der Waals surface area (Å²) in [6.45, 7) is 4.38. The van der Waals surface area contributed by atoms with Crippen molar-refractivity contribution in [2.45, 2.75) is 26.7 Å². The number of anilines is 4. The van der Waals surface area contributed by atoms with Crippen molar-refractivity contribution in [3.05, 3.63) is 205 Å². The first-order valence-corrected chi connectivity index (χ1v) is 20.2. The molecule has 2 aliphatic rings. The maximum Gasteiger partial charge on any atom is 0.101 e. The molecule has 262 valence electrons. The second kappa shape index (κ2) is 14.8. The number of hydrogen-bond donors (Lipinski definition) is 0. The minimum absolute atomic E-state index is 0.886. The van der Waals surface area contributed by atoms with Gasteiger partial charge in [0, 0.05) is 54.1 Å². The Morgan fingerprint density at radius 3 is 1.74 bits per heavy atom. The van der Waals surface area contributed by atoms with Crippen LogP contribution in [0.5, 0.6) is 0 Å². The van der Waals surface area contributed by atoms with Gasteiger partial charge in [0.15, 0.2) is 0 Å². The standard InChI is InChI=1S/C50H40N2S2/c1-35-19-16-17-29-41(31-35)51(39-25-12-3-4-13-26-39)45-33-43-47(37-21-8-5-9-22-37)50-44(48(49(43)53-45)38-23-10-6-11-24-38)34-46(54-50)52(40-27-14-7-15-28-40)42-30-18-20-36(2)32-42/h3-12,14-15,17-34H,13,16H2,1-2H3. The number of nitrogens with zero attached hydrogens (tertiary/aromatic N) is 2. The van der Waals surface area contributed by atoms with Crippen LogP contribution in [0.15, 0.2) is 199 Å². The fraction of sp³-hybridized carbons (Fsp3) is 0.0800. The first-order valence-electron chi connectivity index (χ1n) is 18.6. The fourth-order valence-electron chi connectivity index (χ4n) is 7.55. The summed E-state index contributed by atoms with van der Waals surface area (Å²) in [5.74, 6) is 0. The molecule has 0 N–H and O–H groups in total. The molecule has 0 bridgehead atoms. The van der Waals surface area contributed by atoms with E-state index in [1.54, 1.807) is 0 Å². The van der Waals surface area contributed by atoms with Gasteiger partial charge in [-0.05, 0) is 98.0 Å². The van der Waals surface area contributed by atoms with E-state index in [2.05, 4.69) is 206 Å². The van der Waals surface area contributed by atoms with Crippen LogP contribution in [0, 0.1) is 6.92 Å². The first kappa shape index (κ1) is 33.9. The quantitative estimate of drug-likeness (QED) is 0.153. The van der Waals surface area contributed by atoms with Crippen molar-refractivity contribution >= 4 is 64.2 Å². The Morgan fingerprint density at radius 2 is 1.09 bits per heavy atom. The second-order valence-corrected chi connectivity index (χ2v) is 15.9. The van der Waals surface area contributed by atoms with E-state index in [0.29, 0.717) is 0 Å². The van der Waals surface area contributed by atoms with E-state index in [9.17, 15) is 0 Å². The predicted octanol–water partition coefficient (Wildman–Crippen LogP) is 15.2. The van der Waals surface area contributed by atoms with Gasteiger partial charge in [-0.15, -0.1) is 22.7 Å². The van der Waals surface area contributed by atoms with Crippen LogP contribution in [-0.2, 0) is 0 Å². The van der Waals surface area contributed by atoms with Gasteiger partial charge in [0.1, 0.15) is 10.0 Å². The van der Waals surface area contributed by atoms with E-state index in [0.717, 1.165) is 24.2 Å². The summed E-state index contributed by atoms with van der Waals surface area (Å²) < 4.78 is 2.58. The second-order valence-electron chi connectivity index (χ2n) is 13.8. The lowest BCUT2D eigenvalue weighted by Gasteiger charge is -2.25. The Kier molecular flexibility index (Phi) is 9.30. The molecule has 0 amide bonds. The predicted molar refractivity (Wildman–Crippen MR) is 237 cm³/mol. The van der Waals surface area contributed by atoms with Crippen molar-refractivity contribution in [2.75, 3.05) is 9.80 Å². The Morgan fingerprint density at radius 1 is 0.500 bits per heavy atom. The van der Waals surface area contributed by atoms with Crippen LogP contribution in [0.2, 0.25) is 0 Å². The Balaban J connectivity index is 1.37. The molecule has 9 rings (SSSR count). The van der Waals surface area contributed by atoms with Crippen LogP contribution in [0.4, 0.5) is 21.4 Å². The van der Waals surface area contributed by atoms with Gasteiger partial charge in [0.25, 0.3) is 0 Å². The van der Waals surface area contributed by atoms with Gasteiger partial charge in [-0.25, -0.2) is 0 Å². The number of allylic oxidation sites excluding steroid dienone is 10. The van der Waals surface area contributed by atoms with Gasteiger partial charge in [0.05, 0.1) is 0 Å². The summed E-state index contributed by atoms with van der Waals surface area (Å²) in [7, 11) is 0. The number of benzene rings is 5. The Labute approximate surface area is 326 Å². The number of rotatable bonds is 8. The monoisotopic (exact) mass is 732 g/mol. The smallest absolute Gasteiger partial charge is 0.101 e. The fourth-order valence-corrected chi connectivity index (χ4v) is 10.1. The molecule has 54 heavy (non-hydrogen) atoms. The molecule has 2 nitrogen and oxygen atoms in total. The minimum Gasteiger partial charge on any atom is -0.302 e. The maximum atomic E-state index is 2.46. The maximum absolute atomic E-state index is 2.46. The largest absolute Gasteiger partial charge is 0.302 e. The summed E-state index contributed by atoms with van der Waals surface area (Å²) in [5.41, 5.74) is 12.2. The number of para-hydroxylation sites is 1. The molecule has 0 fully saturated rings. The molecule has 0 saturated heterocycles. The molecule has 0 atom stereocenters. The summed E-state index contributed by atoms with van der Waals surface area (Å²) >= 11 is 3.77. The molecule has 0 unspecified atom stereocenters. The highest BCUT2D eigenvalue weighted by molar-refractivity contribution is 7.25. The zero-order chi connectivity index (χ0) is 36.4. The molecule has 0 radical (unpaired) electrons. The summed E-state index contributed by atoms with van der Waals surface area (Å²) in [6.07, 6.45) is 22.1. The summed E-state index contributed by atoms with van der Waals surface area (Å²) in [4.78, 5) is 4.88. The zero-order valence-corrected chi connectivity index (χ0v) is 32.1. The van der Waals surface area contributed by atoms with Crippen molar-refractivity contribution in [3.8, 4) is 22.3 Å². The number of thiophene rings is 2. The van der Waals surface area contributed by atoms with Crippen molar-refractivity contribution < 1.29 is 0 Å². The molecular weight excluding hydrogens is 693 g/mol. The van der Waals surface area contributed by atoms with Gasteiger partial charge in [-0.3, -0.25) is 0 Å². The van der Waals surface area contributed by atoms with Crippen LogP contribution in [-0.4, -0.2) is 0 Å². The Bertz CT molecular complexity index is 2570. The summed E-state index contributed by atoms with van der Waals surface area (Å²) in [5, 5.41) is 4.93. The van der Waals surface area contributed by atoms with Crippen LogP contribution >= 0.6 is 22.7 Å². The number of fused-ring (bicyclic) bond motifs is 2. The molecule has 4 heteroatoms. The van der Waals surface area contributed by atoms with E-state index in [4.69, 9.17) is 0 Å². The number of aryl methyl sites for hydroxylation is 1. The lowest BCUT2D eigenvalue weighted by molar-refractivity contribution is 1.14. The van der Waals surface area contributed by atoms with Crippen molar-refractivity contribution in [3.63, 3.8) is 0 Å². The normalized spacial score (nSPS) is 14.1. The van der Waals surface area contributed by atoms with Gasteiger partial charge >= 0.3 is 0 Å². The highest BCUT2D eigenvalue weighted by Gasteiger charge is 2.26. The topological polar surface area (TPSA) is 6.48 Å². The third-order valence-electron chi connectivity index (χ3n) is 10.0. The highest BCUT2D eigenvalue weighted by Crippen LogP contribution is 2.54. The van der Waals surface area contributed by atoms with Crippen LogP contribution in [0.3, 0.4) is 0 Å². The van der Waals surface area contributed by atoms with Crippen molar-refractivity contribution in [1.29, 1.82) is 0 Å². The molecule has 2 aliphatic carbocycles. The Hall–Kier alpha value is -5.94. The average Bonchev–Trinajstić information content (AvgIpc) is 3.62. The third kappa shape index (κ3) is 6.49. The summed E-state index contributed by atoms with van der Waals surface area (Å²) in [6, 6.07) is 46.5. The first-order chi connectivity index (χ1) is 26.6. The molecule has 0 saturated carbocycles. The highest BCUT2D eigenvalue weighted by atomic mass is 32.1. The molecule has 2 aromatic heterocycles. The van der Waals surface area contributed by atoms with Crippen molar-refractivity contribution in [2.24, 2.45) is 0 Å². The molecule has 0 aliphatic heterocycles. The van der Waals surface area contributed by atoms with E-state index in [1.165, 1.54) is 75.0 Å². The van der Waals surface area contributed by atoms with E-state index >= 15 is 0 Å². The average molecular weight is 733 g/mol. The molecule has 5 aromatic carbocycles. The molecule has 7 aromatic rings. The third-order valence-corrected chi connectivity index (χ3v) is 12.3. The minimum atomic E-state index is 0.886.